The number of halogens is 1. The number of aliphatic hydroxyl groups is 1. The predicted molar refractivity (Wildman–Crippen MR) is 132 cm³/mol. The van der Waals surface area contributed by atoms with Crippen molar-refractivity contribution in [3.8, 4) is 0 Å². The fourth-order valence-corrected chi connectivity index (χ4v) is 4.79. The van der Waals surface area contributed by atoms with Gasteiger partial charge in [-0.3, -0.25) is 4.90 Å². The molecular weight excluding hydrogens is 378 g/mol. The quantitative estimate of drug-likeness (QED) is 0.185. The van der Waals surface area contributed by atoms with Crippen molar-refractivity contribution in [2.45, 2.75) is 141 Å². The summed E-state index contributed by atoms with van der Waals surface area (Å²) in [5.74, 6) is 0. The van der Waals surface area contributed by atoms with Crippen molar-refractivity contribution in [2.24, 2.45) is 0 Å². The van der Waals surface area contributed by atoms with E-state index in [-0.39, 0.29) is 11.6 Å². The van der Waals surface area contributed by atoms with E-state index in [1.807, 2.05) is 21.0 Å². The number of hydrogen-bond acceptors (Lipinski definition) is 2. The van der Waals surface area contributed by atoms with E-state index in [0.717, 1.165) is 12.8 Å². The van der Waals surface area contributed by atoms with Gasteiger partial charge in [-0.25, -0.2) is 0 Å². The van der Waals surface area contributed by atoms with Crippen LogP contribution < -0.4 is 0 Å². The number of nitrogens with zero attached hydrogens (tertiary/aromatic N) is 1. The van der Waals surface area contributed by atoms with Crippen LogP contribution in [0, 0.1) is 0 Å². The van der Waals surface area contributed by atoms with E-state index in [2.05, 4.69) is 18.4 Å². The van der Waals surface area contributed by atoms with Crippen LogP contribution in [0.4, 0.5) is 0 Å². The van der Waals surface area contributed by atoms with Crippen LogP contribution in [0.25, 0.3) is 0 Å². The average molecular weight is 430 g/mol. The third-order valence-electron chi connectivity index (χ3n) is 6.44. The van der Waals surface area contributed by atoms with E-state index in [1.54, 1.807) is 0 Å². The van der Waals surface area contributed by atoms with Crippen LogP contribution in [0.1, 0.15) is 129 Å². The van der Waals surface area contributed by atoms with Gasteiger partial charge < -0.3 is 5.11 Å². The smallest absolute Gasteiger partial charge is 0.0581 e. The first-order valence-electron chi connectivity index (χ1n) is 12.6. The number of rotatable bonds is 21. The maximum Gasteiger partial charge on any atom is 0.0581 e. The molecule has 2 atom stereocenters. The van der Waals surface area contributed by atoms with Gasteiger partial charge in [-0.2, -0.15) is 0 Å². The lowest BCUT2D eigenvalue weighted by atomic mass is 9.85. The molecule has 0 heterocycles. The maximum atomic E-state index is 9.89. The summed E-state index contributed by atoms with van der Waals surface area (Å²) in [6.45, 7) is 8.13. The molecule has 0 aromatic carbocycles. The van der Waals surface area contributed by atoms with Gasteiger partial charge in [0.15, 0.2) is 0 Å². The Morgan fingerprint density at radius 1 is 0.793 bits per heavy atom. The Labute approximate surface area is 188 Å². The second-order valence-corrected chi connectivity index (χ2v) is 9.89. The van der Waals surface area contributed by atoms with Gasteiger partial charge in [0.2, 0.25) is 0 Å². The predicted octanol–water partition coefficient (Wildman–Crippen LogP) is 8.46. The van der Waals surface area contributed by atoms with E-state index >= 15 is 0 Å². The zero-order chi connectivity index (χ0) is 22.0. The summed E-state index contributed by atoms with van der Waals surface area (Å²) < 4.78 is 0. The number of aliphatic hydroxyl groups excluding tert-OH is 1. The van der Waals surface area contributed by atoms with E-state index in [9.17, 15) is 5.11 Å². The first kappa shape index (κ1) is 28.9. The minimum Gasteiger partial charge on any atom is -0.393 e. The monoisotopic (exact) mass is 429 g/mol. The fourth-order valence-electron chi connectivity index (χ4n) is 4.45. The first-order valence-corrected chi connectivity index (χ1v) is 12.9. The van der Waals surface area contributed by atoms with Crippen LogP contribution in [-0.4, -0.2) is 35.7 Å². The van der Waals surface area contributed by atoms with Gasteiger partial charge in [-0.05, 0) is 33.9 Å². The highest BCUT2D eigenvalue weighted by molar-refractivity contribution is 6.30. The summed E-state index contributed by atoms with van der Waals surface area (Å²) in [5.41, 5.74) is -0.286. The van der Waals surface area contributed by atoms with E-state index < -0.39 is 0 Å². The zero-order valence-electron chi connectivity index (χ0n) is 20.3. The molecule has 0 radical (unpaired) electrons. The molecular formula is C26H52ClNO. The van der Waals surface area contributed by atoms with E-state index in [0.29, 0.717) is 11.5 Å². The second kappa shape index (κ2) is 18.7. The minimum absolute atomic E-state index is 0.286. The molecule has 0 aromatic rings. The Hall–Kier alpha value is -0.0500. The summed E-state index contributed by atoms with van der Waals surface area (Å²) >= 11 is 6.36. The highest BCUT2D eigenvalue weighted by Gasteiger charge is 2.35. The molecule has 3 heteroatoms. The highest BCUT2D eigenvalue weighted by atomic mass is 35.5. The SMILES string of the molecule is C=C(Cl)C(CCCCCCCCCCCCCCCCCC)(CC(C)O)N(C)C. The third kappa shape index (κ3) is 14.6. The summed E-state index contributed by atoms with van der Waals surface area (Å²) in [4.78, 5) is 2.14. The highest BCUT2D eigenvalue weighted by Crippen LogP contribution is 2.35. The van der Waals surface area contributed by atoms with Crippen molar-refractivity contribution >= 4 is 11.6 Å². The van der Waals surface area contributed by atoms with Crippen LogP contribution in [0.3, 0.4) is 0 Å². The van der Waals surface area contributed by atoms with Gasteiger partial charge in [0.1, 0.15) is 0 Å². The zero-order valence-corrected chi connectivity index (χ0v) is 21.0. The Morgan fingerprint density at radius 3 is 1.41 bits per heavy atom. The molecule has 0 aliphatic rings. The molecule has 29 heavy (non-hydrogen) atoms. The van der Waals surface area contributed by atoms with Crippen molar-refractivity contribution in [3.63, 3.8) is 0 Å². The number of unbranched alkanes of at least 4 members (excludes halogenated alkanes) is 15. The lowest BCUT2D eigenvalue weighted by Gasteiger charge is -2.40. The first-order chi connectivity index (χ1) is 13.9. The van der Waals surface area contributed by atoms with Crippen LogP contribution >= 0.6 is 11.6 Å². The van der Waals surface area contributed by atoms with Gasteiger partial charge in [-0.1, -0.05) is 128 Å². The van der Waals surface area contributed by atoms with E-state index in [4.69, 9.17) is 11.6 Å². The topological polar surface area (TPSA) is 23.5 Å². The molecule has 0 aliphatic carbocycles. The van der Waals surface area contributed by atoms with Crippen molar-refractivity contribution < 1.29 is 5.11 Å². The Kier molecular flexibility index (Phi) is 18.7. The summed E-state index contributed by atoms with van der Waals surface area (Å²) in [6, 6.07) is 0. The number of likely N-dealkylation sites (N-methyl/N-ethyl adjacent to an activating group) is 1. The maximum absolute atomic E-state index is 9.89. The molecule has 0 saturated heterocycles. The summed E-state index contributed by atoms with van der Waals surface area (Å²) in [6.07, 6.45) is 23.4. The van der Waals surface area contributed by atoms with Crippen LogP contribution in [0.5, 0.6) is 0 Å². The van der Waals surface area contributed by atoms with Crippen molar-refractivity contribution in [1.29, 1.82) is 0 Å². The van der Waals surface area contributed by atoms with Crippen molar-refractivity contribution in [1.82, 2.24) is 4.90 Å². The van der Waals surface area contributed by atoms with Crippen LogP contribution in [-0.2, 0) is 0 Å². The van der Waals surface area contributed by atoms with Crippen LogP contribution in [0.2, 0.25) is 0 Å². The third-order valence-corrected chi connectivity index (χ3v) is 6.79. The van der Waals surface area contributed by atoms with Crippen LogP contribution in [0.15, 0.2) is 11.6 Å². The standard InChI is InChI=1S/C26H52ClNO/c1-6-7-8-9-10-11-12-13-14-15-16-17-18-19-20-21-22-26(25(3)27,28(4)5)23-24(2)29/h24,29H,3,6-23H2,1-2,4-5H3. The van der Waals surface area contributed by atoms with Crippen molar-refractivity contribution in [2.75, 3.05) is 14.1 Å². The molecule has 1 N–H and O–H groups in total. The Morgan fingerprint density at radius 2 is 1.14 bits per heavy atom. The minimum atomic E-state index is -0.367. The lowest BCUT2D eigenvalue weighted by Crippen LogP contribution is -2.46. The normalized spacial score (nSPS) is 14.9. The van der Waals surface area contributed by atoms with Gasteiger partial charge in [0, 0.05) is 5.03 Å². The van der Waals surface area contributed by atoms with Gasteiger partial charge >= 0.3 is 0 Å². The van der Waals surface area contributed by atoms with Crippen molar-refractivity contribution in [3.05, 3.63) is 11.6 Å². The molecule has 0 aliphatic heterocycles. The molecule has 0 bridgehead atoms. The summed E-state index contributed by atoms with van der Waals surface area (Å²) in [7, 11) is 4.09. The molecule has 174 valence electrons. The molecule has 0 amide bonds. The molecule has 0 fully saturated rings. The average Bonchev–Trinajstić information content (AvgIpc) is 2.65. The lowest BCUT2D eigenvalue weighted by molar-refractivity contribution is 0.0893. The molecule has 0 aromatic heterocycles. The molecule has 0 rings (SSSR count). The van der Waals surface area contributed by atoms with Gasteiger partial charge in [0.25, 0.3) is 0 Å². The molecule has 0 saturated carbocycles. The Bertz CT molecular complexity index is 383. The molecule has 0 spiro atoms. The molecule has 2 nitrogen and oxygen atoms in total. The summed E-state index contributed by atoms with van der Waals surface area (Å²) in [5, 5.41) is 10.6. The largest absolute Gasteiger partial charge is 0.393 e. The van der Waals surface area contributed by atoms with Gasteiger partial charge in [-0.15, -0.1) is 0 Å². The molecule has 2 unspecified atom stereocenters. The Balaban J connectivity index is 3.63. The van der Waals surface area contributed by atoms with E-state index in [1.165, 1.54) is 96.3 Å². The van der Waals surface area contributed by atoms with Gasteiger partial charge in [0.05, 0.1) is 11.6 Å². The fraction of sp³-hybridized carbons (Fsp3) is 0.923. The number of hydrogen-bond donors (Lipinski definition) is 1. The second-order valence-electron chi connectivity index (χ2n) is 9.44.